The molecule has 4 rings (SSSR count). The van der Waals surface area contributed by atoms with Crippen molar-refractivity contribution in [3.8, 4) is 0 Å². The largest absolute Gasteiger partial charge is 0.447 e. The summed E-state index contributed by atoms with van der Waals surface area (Å²) in [4.78, 5) is 31.8. The molecule has 0 bridgehead atoms. The second-order valence-electron chi connectivity index (χ2n) is 7.24. The van der Waals surface area contributed by atoms with Gasteiger partial charge in [0, 0.05) is 25.1 Å². The maximum absolute atomic E-state index is 12.9. The number of aryl methyl sites for hydroxylation is 1. The molecule has 1 fully saturated rings. The highest BCUT2D eigenvalue weighted by atomic mass is 32.1. The van der Waals surface area contributed by atoms with E-state index >= 15 is 0 Å². The number of thiazole rings is 1. The topological polar surface area (TPSA) is 59.5 Å². The van der Waals surface area contributed by atoms with E-state index in [2.05, 4.69) is 11.1 Å². The quantitative estimate of drug-likeness (QED) is 0.539. The number of nitrogens with zero attached hydrogens (tertiary/aromatic N) is 2. The van der Waals surface area contributed by atoms with Crippen LogP contribution in [0, 0.1) is 0 Å². The van der Waals surface area contributed by atoms with Gasteiger partial charge < -0.3 is 9.64 Å². The third-order valence-electron chi connectivity index (χ3n) is 5.10. The van der Waals surface area contributed by atoms with Crippen LogP contribution in [0.15, 0.2) is 54.6 Å². The Balaban J connectivity index is 1.36. The average molecular weight is 409 g/mol. The molecule has 2 heterocycles. The maximum atomic E-state index is 12.9. The smallest absolute Gasteiger partial charge is 0.306 e. The lowest BCUT2D eigenvalue weighted by atomic mass is 10.1. The van der Waals surface area contributed by atoms with Gasteiger partial charge in [-0.05, 0) is 37.8 Å². The van der Waals surface area contributed by atoms with Gasteiger partial charge in [0.05, 0.1) is 15.2 Å². The van der Waals surface area contributed by atoms with Gasteiger partial charge in [0.1, 0.15) is 0 Å². The Hall–Kier alpha value is -2.73. The number of carbonyl (C=O) groups is 2. The summed E-state index contributed by atoms with van der Waals surface area (Å²) in [5.41, 5.74) is 1.72. The molecular formula is C23H24N2O3S. The number of benzene rings is 2. The van der Waals surface area contributed by atoms with Crippen LogP contribution in [-0.4, -0.2) is 34.8 Å². The van der Waals surface area contributed by atoms with Crippen LogP contribution in [0.1, 0.15) is 42.4 Å². The van der Waals surface area contributed by atoms with Crippen molar-refractivity contribution < 1.29 is 14.3 Å². The molecule has 0 unspecified atom stereocenters. The molecule has 5 nitrogen and oxygen atoms in total. The molecule has 1 atom stereocenters. The number of fused-ring (bicyclic) bond motifs is 1. The average Bonchev–Trinajstić information content (AvgIpc) is 3.42. The van der Waals surface area contributed by atoms with Crippen molar-refractivity contribution in [2.75, 3.05) is 13.1 Å². The van der Waals surface area contributed by atoms with E-state index in [4.69, 9.17) is 4.74 Å². The second-order valence-corrected chi connectivity index (χ2v) is 8.36. The minimum atomic E-state index is -0.857. The monoisotopic (exact) mass is 408 g/mol. The fourth-order valence-electron chi connectivity index (χ4n) is 3.59. The Morgan fingerprint density at radius 3 is 2.52 bits per heavy atom. The fraction of sp³-hybridized carbons (Fsp3) is 0.348. The first kappa shape index (κ1) is 19.6. The zero-order valence-electron chi connectivity index (χ0n) is 16.3. The first-order valence-corrected chi connectivity index (χ1v) is 10.9. The molecule has 3 aromatic rings. The van der Waals surface area contributed by atoms with Crippen molar-refractivity contribution in [2.45, 2.75) is 38.2 Å². The lowest BCUT2D eigenvalue weighted by Crippen LogP contribution is -2.34. The van der Waals surface area contributed by atoms with Crippen molar-refractivity contribution in [3.05, 3.63) is 65.2 Å². The molecule has 1 aliphatic heterocycles. The van der Waals surface area contributed by atoms with E-state index < -0.39 is 6.10 Å². The summed E-state index contributed by atoms with van der Waals surface area (Å²) in [6.07, 6.45) is 2.80. The number of hydrogen-bond donors (Lipinski definition) is 0. The number of hydrogen-bond acceptors (Lipinski definition) is 5. The van der Waals surface area contributed by atoms with Crippen molar-refractivity contribution in [2.24, 2.45) is 0 Å². The van der Waals surface area contributed by atoms with E-state index in [1.54, 1.807) is 16.2 Å². The molecule has 1 saturated heterocycles. The summed E-state index contributed by atoms with van der Waals surface area (Å²) in [5, 5.41) is 1.02. The predicted octanol–water partition coefficient (Wildman–Crippen LogP) is 4.53. The summed E-state index contributed by atoms with van der Waals surface area (Å²) in [6, 6.07) is 17.3. The summed E-state index contributed by atoms with van der Waals surface area (Å²) < 4.78 is 6.82. The third-order valence-corrected chi connectivity index (χ3v) is 6.20. The van der Waals surface area contributed by atoms with E-state index in [0.717, 1.165) is 53.1 Å². The highest BCUT2D eigenvalue weighted by Crippen LogP contribution is 2.25. The Labute approximate surface area is 174 Å². The van der Waals surface area contributed by atoms with Gasteiger partial charge in [-0.25, -0.2) is 4.98 Å². The lowest BCUT2D eigenvalue weighted by Gasteiger charge is -2.23. The number of ether oxygens (including phenoxy) is 1. The second kappa shape index (κ2) is 9.18. The van der Waals surface area contributed by atoms with Gasteiger partial charge in [-0.2, -0.15) is 0 Å². The van der Waals surface area contributed by atoms with Gasteiger partial charge in [0.25, 0.3) is 5.91 Å². The molecule has 2 aromatic carbocycles. The van der Waals surface area contributed by atoms with Crippen LogP contribution >= 0.6 is 11.3 Å². The molecule has 0 N–H and O–H groups in total. The molecule has 150 valence electrons. The van der Waals surface area contributed by atoms with E-state index in [1.807, 2.05) is 48.5 Å². The number of amides is 1. The van der Waals surface area contributed by atoms with E-state index in [9.17, 15) is 9.59 Å². The Morgan fingerprint density at radius 2 is 1.76 bits per heavy atom. The highest BCUT2D eigenvalue weighted by molar-refractivity contribution is 7.18. The third kappa shape index (κ3) is 4.82. The number of likely N-dealkylation sites (tertiary alicyclic amines) is 1. The van der Waals surface area contributed by atoms with Gasteiger partial charge in [0.2, 0.25) is 6.10 Å². The minimum absolute atomic E-state index is 0.117. The van der Waals surface area contributed by atoms with Crippen LogP contribution in [0.4, 0.5) is 0 Å². The SMILES string of the molecule is O=C(CCCc1nc2ccccc2s1)O[C@@H](C(=O)N1CCCC1)c1ccccc1. The fourth-order valence-corrected chi connectivity index (χ4v) is 4.60. The van der Waals surface area contributed by atoms with Crippen molar-refractivity contribution in [1.29, 1.82) is 0 Å². The Bertz CT molecular complexity index is 947. The van der Waals surface area contributed by atoms with Crippen LogP contribution in [0.5, 0.6) is 0 Å². The molecular weight excluding hydrogens is 384 g/mol. The maximum Gasteiger partial charge on any atom is 0.306 e. The van der Waals surface area contributed by atoms with Crippen LogP contribution in [0.25, 0.3) is 10.2 Å². The normalized spacial score (nSPS) is 14.8. The van der Waals surface area contributed by atoms with Crippen LogP contribution in [0.3, 0.4) is 0 Å². The van der Waals surface area contributed by atoms with Gasteiger partial charge in [-0.15, -0.1) is 11.3 Å². The zero-order chi connectivity index (χ0) is 20.1. The van der Waals surface area contributed by atoms with Gasteiger partial charge in [0.15, 0.2) is 0 Å². The number of para-hydroxylation sites is 1. The van der Waals surface area contributed by atoms with Crippen molar-refractivity contribution in [3.63, 3.8) is 0 Å². The number of aromatic nitrogens is 1. The van der Waals surface area contributed by atoms with Crippen LogP contribution < -0.4 is 0 Å². The van der Waals surface area contributed by atoms with Crippen LogP contribution in [-0.2, 0) is 20.7 Å². The van der Waals surface area contributed by atoms with Gasteiger partial charge in [-0.1, -0.05) is 42.5 Å². The first-order chi connectivity index (χ1) is 14.2. The van der Waals surface area contributed by atoms with Crippen molar-refractivity contribution in [1.82, 2.24) is 9.88 Å². The standard InChI is InChI=1S/C23H24N2O3S/c26-21(14-8-13-20-24-18-11-4-5-12-19(18)29-20)28-22(17-9-2-1-3-10-17)23(27)25-15-6-7-16-25/h1-5,9-12,22H,6-8,13-16H2/t22-/m1/s1. The Kier molecular flexibility index (Phi) is 6.20. The molecule has 0 saturated carbocycles. The van der Waals surface area contributed by atoms with E-state index in [0.29, 0.717) is 6.42 Å². The molecule has 0 radical (unpaired) electrons. The summed E-state index contributed by atoms with van der Waals surface area (Å²) in [6.45, 7) is 1.47. The highest BCUT2D eigenvalue weighted by Gasteiger charge is 2.30. The number of carbonyl (C=O) groups excluding carboxylic acids is 2. The van der Waals surface area contributed by atoms with Gasteiger partial charge >= 0.3 is 5.97 Å². The van der Waals surface area contributed by atoms with Gasteiger partial charge in [-0.3, -0.25) is 9.59 Å². The molecule has 6 heteroatoms. The molecule has 1 aromatic heterocycles. The first-order valence-electron chi connectivity index (χ1n) is 10.1. The van der Waals surface area contributed by atoms with E-state index in [-0.39, 0.29) is 18.3 Å². The number of rotatable bonds is 7. The van der Waals surface area contributed by atoms with E-state index in [1.165, 1.54) is 0 Å². The lowest BCUT2D eigenvalue weighted by molar-refractivity contribution is -0.160. The predicted molar refractivity (Wildman–Crippen MR) is 114 cm³/mol. The molecule has 1 aliphatic rings. The Morgan fingerprint density at radius 1 is 1.03 bits per heavy atom. The number of esters is 1. The molecule has 0 aliphatic carbocycles. The van der Waals surface area contributed by atoms with Crippen molar-refractivity contribution >= 4 is 33.4 Å². The summed E-state index contributed by atoms with van der Waals surface area (Å²) in [7, 11) is 0. The summed E-state index contributed by atoms with van der Waals surface area (Å²) in [5.74, 6) is -0.458. The summed E-state index contributed by atoms with van der Waals surface area (Å²) >= 11 is 1.66. The molecule has 29 heavy (non-hydrogen) atoms. The molecule has 0 spiro atoms. The zero-order valence-corrected chi connectivity index (χ0v) is 17.1. The van der Waals surface area contributed by atoms with Crippen LogP contribution in [0.2, 0.25) is 0 Å². The minimum Gasteiger partial charge on any atom is -0.447 e. The molecule has 1 amide bonds.